The molecule has 1 saturated heterocycles. The van der Waals surface area contributed by atoms with Crippen molar-refractivity contribution in [2.45, 2.75) is 20.1 Å². The van der Waals surface area contributed by atoms with Gasteiger partial charge >= 0.3 is 95.0 Å². The Morgan fingerprint density at radius 1 is 1.13 bits per heavy atom. The summed E-state index contributed by atoms with van der Waals surface area (Å²) in [6.45, 7) is 1.73. The van der Waals surface area contributed by atoms with E-state index in [1.54, 1.807) is 0 Å². The van der Waals surface area contributed by atoms with Crippen molar-refractivity contribution in [2.24, 2.45) is 0 Å². The van der Waals surface area contributed by atoms with Gasteiger partial charge in [-0.1, -0.05) is 0 Å². The standard InChI is InChI=1S/C6H10O2.2Hg.NO3.H2O/c1-5-3-8-6(2)4-7-5;;;2-1(3)4;/h5-6H,1-4H2;;;;1H2/q;;;-1;. The van der Waals surface area contributed by atoms with Crippen LogP contribution in [0.3, 0.4) is 0 Å². The van der Waals surface area contributed by atoms with E-state index in [0.29, 0.717) is 12.2 Å². The molecule has 0 radical (unpaired) electrons. The predicted molar refractivity (Wildman–Crippen MR) is 43.1 cm³/mol. The van der Waals surface area contributed by atoms with Gasteiger partial charge in [-0.05, 0) is 0 Å². The average Bonchev–Trinajstić information content (AvgIpc) is 2.17. The summed E-state index contributed by atoms with van der Waals surface area (Å²) in [4.78, 5) is 8.25. The topological polar surface area (TPSA) is 116 Å². The van der Waals surface area contributed by atoms with Gasteiger partial charge in [0, 0.05) is 0 Å². The molecule has 0 aromatic carbocycles. The molecule has 1 heterocycles. The van der Waals surface area contributed by atoms with Gasteiger partial charge < -0.3 is 20.8 Å². The zero-order valence-corrected chi connectivity index (χ0v) is 19.4. The monoisotopic (exact) mass is 598 g/mol. The minimum atomic E-state index is -1.75. The molecule has 2 N–H and O–H groups in total. The number of ether oxygens (including phenoxy) is 2. The Bertz CT molecular complexity index is 148. The second kappa shape index (κ2) is 11.4. The summed E-state index contributed by atoms with van der Waals surface area (Å²) < 4.78 is 13.7. The molecule has 0 saturated carbocycles. The van der Waals surface area contributed by atoms with Gasteiger partial charge in [-0.25, -0.2) is 0 Å². The first-order valence-corrected chi connectivity index (χ1v) is 12.0. The molecule has 1 aliphatic heterocycles. The molecule has 0 bridgehead atoms. The van der Waals surface area contributed by atoms with E-state index in [4.69, 9.17) is 24.8 Å². The second-order valence-corrected chi connectivity index (χ2v) is 7.20. The molecule has 2 unspecified atom stereocenters. The molecule has 0 amide bonds. The molecule has 0 aromatic rings. The third-order valence-corrected chi connectivity index (χ3v) is 6.69. The summed E-state index contributed by atoms with van der Waals surface area (Å²) in [6, 6.07) is 0. The van der Waals surface area contributed by atoms with Gasteiger partial charge in [0.1, 0.15) is 0 Å². The van der Waals surface area contributed by atoms with Crippen LogP contribution >= 0.6 is 0 Å². The Hall–Kier alpha value is 0.950. The molecule has 1 fully saturated rings. The van der Waals surface area contributed by atoms with E-state index >= 15 is 0 Å². The van der Waals surface area contributed by atoms with Crippen LogP contribution in [0.4, 0.5) is 0 Å². The fourth-order valence-corrected chi connectivity index (χ4v) is 3.51. The second-order valence-electron chi connectivity index (χ2n) is 2.71. The summed E-state index contributed by atoms with van der Waals surface area (Å²) in [5, 5.41) is 14.8. The molecule has 0 aromatic heterocycles. The van der Waals surface area contributed by atoms with Crippen molar-refractivity contribution in [1.29, 1.82) is 0 Å². The van der Waals surface area contributed by atoms with E-state index in [1.165, 1.54) is 7.86 Å². The first-order valence-electron chi connectivity index (χ1n) is 4.23. The molecule has 1 aliphatic rings. The van der Waals surface area contributed by atoms with E-state index in [0.717, 1.165) is 65.5 Å². The van der Waals surface area contributed by atoms with E-state index in [-0.39, 0.29) is 5.48 Å². The summed E-state index contributed by atoms with van der Waals surface area (Å²) in [5.41, 5.74) is 0. The number of nitrogens with zero attached hydrogens (tertiary/aromatic N) is 1. The Morgan fingerprint density at radius 3 is 1.53 bits per heavy atom. The zero-order chi connectivity index (χ0) is 11.0. The number of hydrogen-bond acceptors (Lipinski definition) is 5. The van der Waals surface area contributed by atoms with Gasteiger partial charge in [-0.15, -0.1) is 0 Å². The molecular weight excluding hydrogens is 583 g/mol. The summed E-state index contributed by atoms with van der Waals surface area (Å²) in [7, 11) is 0. The van der Waals surface area contributed by atoms with Gasteiger partial charge in [0.15, 0.2) is 0 Å². The van der Waals surface area contributed by atoms with E-state index in [2.05, 4.69) is 0 Å². The Kier molecular flexibility index (Phi) is 14.0. The molecule has 0 aliphatic carbocycles. The average molecular weight is 595 g/mol. The van der Waals surface area contributed by atoms with Crippen molar-refractivity contribution in [1.82, 2.24) is 0 Å². The minimum absolute atomic E-state index is 0. The maximum atomic E-state index is 8.25. The van der Waals surface area contributed by atoms with Crippen molar-refractivity contribution in [3.8, 4) is 0 Å². The SMILES string of the molecule is O.O=[N+]([O-])[O-].[Hg][CH2]C1COC([CH2][Hg])CO1. The first-order chi connectivity index (χ1) is 6.60. The van der Waals surface area contributed by atoms with Gasteiger partial charge in [0.25, 0.3) is 0 Å². The van der Waals surface area contributed by atoms with Gasteiger partial charge in [0.05, 0.1) is 5.09 Å². The number of rotatable bonds is 2. The van der Waals surface area contributed by atoms with Crippen molar-refractivity contribution in [3.05, 3.63) is 15.3 Å². The van der Waals surface area contributed by atoms with Crippen LogP contribution in [0.25, 0.3) is 0 Å². The van der Waals surface area contributed by atoms with Crippen LogP contribution < -0.4 is 0 Å². The molecule has 7 nitrogen and oxygen atoms in total. The molecular formula is C6H12Hg2NO6-. The quantitative estimate of drug-likeness (QED) is 0.246. The van der Waals surface area contributed by atoms with Crippen molar-refractivity contribution in [2.75, 3.05) is 13.2 Å². The van der Waals surface area contributed by atoms with Crippen LogP contribution in [-0.2, 0) is 61.7 Å². The number of hydrogen-bond donors (Lipinski definition) is 0. The van der Waals surface area contributed by atoms with Crippen LogP contribution in [0.5, 0.6) is 0 Å². The molecule has 0 spiro atoms. The van der Waals surface area contributed by atoms with Crippen LogP contribution in [0.2, 0.25) is 7.86 Å². The Balaban J connectivity index is 0. The van der Waals surface area contributed by atoms with Crippen LogP contribution in [0.1, 0.15) is 0 Å². The third-order valence-electron chi connectivity index (χ3n) is 1.68. The van der Waals surface area contributed by atoms with Gasteiger partial charge in [-0.2, -0.15) is 0 Å². The molecule has 9 heteroatoms. The van der Waals surface area contributed by atoms with E-state index < -0.39 is 5.09 Å². The summed E-state index contributed by atoms with van der Waals surface area (Å²) in [5.74, 6) is 0. The fourth-order valence-electron chi connectivity index (χ4n) is 0.916. The summed E-state index contributed by atoms with van der Waals surface area (Å²) in [6.07, 6.45) is 0.916. The van der Waals surface area contributed by atoms with Crippen LogP contribution in [0, 0.1) is 15.3 Å². The van der Waals surface area contributed by atoms with E-state index in [1.807, 2.05) is 0 Å². The maximum absolute atomic E-state index is 8.25. The normalized spacial score (nSPS) is 24.5. The van der Waals surface area contributed by atoms with Gasteiger partial charge in [-0.3, -0.25) is 0 Å². The molecule has 1 rings (SSSR count). The van der Waals surface area contributed by atoms with Crippen molar-refractivity contribution < 1.29 is 72.3 Å². The van der Waals surface area contributed by atoms with Crippen molar-refractivity contribution in [3.63, 3.8) is 0 Å². The molecule has 82 valence electrons. The molecule has 2 atom stereocenters. The van der Waals surface area contributed by atoms with Crippen molar-refractivity contribution >= 4 is 0 Å². The first kappa shape index (κ1) is 18.3. The van der Waals surface area contributed by atoms with E-state index in [9.17, 15) is 0 Å². The Morgan fingerprint density at radius 2 is 1.40 bits per heavy atom. The van der Waals surface area contributed by atoms with Crippen LogP contribution in [0.15, 0.2) is 0 Å². The van der Waals surface area contributed by atoms with Gasteiger partial charge in [0.2, 0.25) is 0 Å². The third kappa shape index (κ3) is 11.2. The fraction of sp³-hybridized carbons (Fsp3) is 1.00. The Labute approximate surface area is 120 Å². The van der Waals surface area contributed by atoms with Crippen LogP contribution in [-0.4, -0.2) is 36.0 Å². The predicted octanol–water partition coefficient (Wildman–Crippen LogP) is -0.363. The zero-order valence-electron chi connectivity index (χ0n) is 8.39. The summed E-state index contributed by atoms with van der Waals surface area (Å²) >= 11 is 1.74. The molecule has 15 heavy (non-hydrogen) atoms.